The van der Waals surface area contributed by atoms with Gasteiger partial charge in [-0.3, -0.25) is 0 Å². The third-order valence-corrected chi connectivity index (χ3v) is 3.44. The van der Waals surface area contributed by atoms with Gasteiger partial charge in [-0.2, -0.15) is 0 Å². The van der Waals surface area contributed by atoms with Gasteiger partial charge in [-0.05, 0) is 37.0 Å². The molecule has 3 heteroatoms. The van der Waals surface area contributed by atoms with Gasteiger partial charge in [0.25, 0.3) is 0 Å². The third kappa shape index (κ3) is 4.60. The molecule has 1 unspecified atom stereocenters. The summed E-state index contributed by atoms with van der Waals surface area (Å²) in [5.41, 5.74) is 1.17. The summed E-state index contributed by atoms with van der Waals surface area (Å²) in [5, 5.41) is 4.31. The van der Waals surface area contributed by atoms with Gasteiger partial charge in [0.2, 0.25) is 0 Å². The lowest BCUT2D eigenvalue weighted by Gasteiger charge is -2.19. The minimum Gasteiger partial charge on any atom is -0.372 e. The number of ether oxygens (including phenoxy) is 1. The lowest BCUT2D eigenvalue weighted by molar-refractivity contribution is 0.0504. The molecule has 1 aliphatic carbocycles. The molecule has 2 nitrogen and oxygen atoms in total. The number of hydrogen-bond donors (Lipinski definition) is 1. The van der Waals surface area contributed by atoms with Gasteiger partial charge in [0.15, 0.2) is 0 Å². The molecule has 1 N–H and O–H groups in total. The normalized spacial score (nSPS) is 16.8. The molecule has 0 radical (unpaired) electrons. The maximum Gasteiger partial charge on any atom is 0.0949 e. The van der Waals surface area contributed by atoms with E-state index in [-0.39, 0.29) is 6.10 Å². The summed E-state index contributed by atoms with van der Waals surface area (Å²) in [6, 6.07) is 8.71. The van der Waals surface area contributed by atoms with Crippen LogP contribution in [0.1, 0.15) is 44.3 Å². The van der Waals surface area contributed by atoms with E-state index in [2.05, 4.69) is 18.3 Å². The fraction of sp³-hybridized carbons (Fsp3) is 0.600. The first-order valence-corrected chi connectivity index (χ1v) is 7.28. The van der Waals surface area contributed by atoms with E-state index in [1.165, 1.54) is 18.4 Å². The molecule has 1 saturated carbocycles. The van der Waals surface area contributed by atoms with Crippen molar-refractivity contribution in [3.05, 3.63) is 34.9 Å². The highest BCUT2D eigenvalue weighted by Gasteiger charge is 2.22. The molecule has 0 aliphatic heterocycles. The minimum atomic E-state index is 0.121. The average Bonchev–Trinajstić information content (AvgIpc) is 3.17. The number of rotatable bonds is 8. The number of benzene rings is 1. The molecule has 1 fully saturated rings. The Morgan fingerprint density at radius 3 is 2.94 bits per heavy atom. The van der Waals surface area contributed by atoms with Crippen LogP contribution in [0, 0.1) is 0 Å². The van der Waals surface area contributed by atoms with Crippen molar-refractivity contribution in [1.29, 1.82) is 0 Å². The Morgan fingerprint density at radius 1 is 1.44 bits per heavy atom. The van der Waals surface area contributed by atoms with Crippen LogP contribution < -0.4 is 5.32 Å². The highest BCUT2D eigenvalue weighted by atomic mass is 35.5. The zero-order valence-electron chi connectivity index (χ0n) is 11.0. The molecule has 1 aliphatic rings. The van der Waals surface area contributed by atoms with Crippen LogP contribution in [0.5, 0.6) is 0 Å². The summed E-state index contributed by atoms with van der Waals surface area (Å²) in [6.45, 7) is 3.88. The molecule has 1 aromatic carbocycles. The maximum absolute atomic E-state index is 6.05. The van der Waals surface area contributed by atoms with Gasteiger partial charge in [0.1, 0.15) is 0 Å². The zero-order valence-corrected chi connectivity index (χ0v) is 11.7. The first-order valence-electron chi connectivity index (χ1n) is 6.90. The van der Waals surface area contributed by atoms with Gasteiger partial charge >= 0.3 is 0 Å². The van der Waals surface area contributed by atoms with E-state index in [1.54, 1.807) is 0 Å². The Labute approximate surface area is 115 Å². The molecular weight excluding hydrogens is 246 g/mol. The molecule has 0 heterocycles. The predicted octanol–water partition coefficient (Wildman–Crippen LogP) is 3.95. The average molecular weight is 268 g/mol. The van der Waals surface area contributed by atoms with Crippen molar-refractivity contribution < 1.29 is 4.74 Å². The summed E-state index contributed by atoms with van der Waals surface area (Å²) >= 11 is 6.05. The number of hydrogen-bond acceptors (Lipinski definition) is 2. The molecule has 18 heavy (non-hydrogen) atoms. The summed E-state index contributed by atoms with van der Waals surface area (Å²) in [7, 11) is 0. The largest absolute Gasteiger partial charge is 0.372 e. The van der Waals surface area contributed by atoms with E-state index in [1.807, 2.05) is 18.2 Å². The maximum atomic E-state index is 6.05. The lowest BCUT2D eigenvalue weighted by atomic mass is 10.1. The van der Waals surface area contributed by atoms with Crippen molar-refractivity contribution >= 4 is 11.6 Å². The topological polar surface area (TPSA) is 21.3 Å². The smallest absolute Gasteiger partial charge is 0.0949 e. The van der Waals surface area contributed by atoms with E-state index < -0.39 is 0 Å². The summed E-state index contributed by atoms with van der Waals surface area (Å²) in [4.78, 5) is 0. The van der Waals surface area contributed by atoms with Crippen molar-refractivity contribution in [2.75, 3.05) is 13.2 Å². The molecular formula is C15H22ClNO. The van der Waals surface area contributed by atoms with Crippen molar-refractivity contribution in [1.82, 2.24) is 5.32 Å². The van der Waals surface area contributed by atoms with Crippen molar-refractivity contribution in [3.63, 3.8) is 0 Å². The van der Waals surface area contributed by atoms with Crippen LogP contribution in [0.15, 0.2) is 24.3 Å². The van der Waals surface area contributed by atoms with Crippen LogP contribution in [0.2, 0.25) is 5.02 Å². The summed E-state index contributed by atoms with van der Waals surface area (Å²) < 4.78 is 5.98. The van der Waals surface area contributed by atoms with Crippen LogP contribution in [-0.2, 0) is 4.74 Å². The highest BCUT2D eigenvalue weighted by Crippen LogP contribution is 2.24. The SMILES string of the molecule is CCCCOC(CNC1CC1)c1cccc(Cl)c1. The molecule has 100 valence electrons. The summed E-state index contributed by atoms with van der Waals surface area (Å²) in [6.07, 6.45) is 5.00. The Kier molecular flexibility index (Phi) is 5.48. The Morgan fingerprint density at radius 2 is 2.28 bits per heavy atom. The Bertz CT molecular complexity index is 365. The van der Waals surface area contributed by atoms with Crippen LogP contribution in [0.25, 0.3) is 0 Å². The summed E-state index contributed by atoms with van der Waals surface area (Å²) in [5.74, 6) is 0. The first kappa shape index (κ1) is 13.9. The quantitative estimate of drug-likeness (QED) is 0.720. The van der Waals surface area contributed by atoms with Gasteiger partial charge in [-0.1, -0.05) is 37.1 Å². The van der Waals surface area contributed by atoms with E-state index in [4.69, 9.17) is 16.3 Å². The van der Waals surface area contributed by atoms with Crippen LogP contribution in [0.3, 0.4) is 0 Å². The molecule has 0 spiro atoms. The first-order chi connectivity index (χ1) is 8.79. The van der Waals surface area contributed by atoms with Crippen LogP contribution >= 0.6 is 11.6 Å². The van der Waals surface area contributed by atoms with Crippen molar-refractivity contribution in [2.24, 2.45) is 0 Å². The van der Waals surface area contributed by atoms with Crippen LogP contribution in [0.4, 0.5) is 0 Å². The van der Waals surface area contributed by atoms with E-state index >= 15 is 0 Å². The highest BCUT2D eigenvalue weighted by molar-refractivity contribution is 6.30. The fourth-order valence-electron chi connectivity index (χ4n) is 1.91. The second kappa shape index (κ2) is 7.13. The number of halogens is 1. The Hall–Kier alpha value is -0.570. The van der Waals surface area contributed by atoms with E-state index in [0.29, 0.717) is 6.04 Å². The van der Waals surface area contributed by atoms with Gasteiger partial charge in [-0.25, -0.2) is 0 Å². The molecule has 1 atom stereocenters. The van der Waals surface area contributed by atoms with Crippen molar-refractivity contribution in [3.8, 4) is 0 Å². The molecule has 0 aromatic heterocycles. The zero-order chi connectivity index (χ0) is 12.8. The van der Waals surface area contributed by atoms with Gasteiger partial charge in [-0.15, -0.1) is 0 Å². The molecule has 0 bridgehead atoms. The third-order valence-electron chi connectivity index (χ3n) is 3.21. The van der Waals surface area contributed by atoms with Crippen molar-refractivity contribution in [2.45, 2.75) is 44.8 Å². The second-order valence-corrected chi connectivity index (χ2v) is 5.39. The predicted molar refractivity (Wildman–Crippen MR) is 76.1 cm³/mol. The monoisotopic (exact) mass is 267 g/mol. The van der Waals surface area contributed by atoms with E-state index in [9.17, 15) is 0 Å². The second-order valence-electron chi connectivity index (χ2n) is 4.95. The fourth-order valence-corrected chi connectivity index (χ4v) is 2.11. The minimum absolute atomic E-state index is 0.121. The van der Waals surface area contributed by atoms with E-state index in [0.717, 1.165) is 31.0 Å². The lowest BCUT2D eigenvalue weighted by Crippen LogP contribution is -2.25. The molecule has 1 aromatic rings. The molecule has 0 saturated heterocycles. The molecule has 0 amide bonds. The van der Waals surface area contributed by atoms with Gasteiger partial charge in [0, 0.05) is 24.2 Å². The number of unbranched alkanes of at least 4 members (excludes halogenated alkanes) is 1. The van der Waals surface area contributed by atoms with Gasteiger partial charge in [0.05, 0.1) is 6.10 Å². The van der Waals surface area contributed by atoms with Gasteiger partial charge < -0.3 is 10.1 Å². The number of nitrogens with one attached hydrogen (secondary N) is 1. The Balaban J connectivity index is 1.92. The van der Waals surface area contributed by atoms with Crippen LogP contribution in [-0.4, -0.2) is 19.2 Å². The molecule has 2 rings (SSSR count). The standard InChI is InChI=1S/C15H22ClNO/c1-2-3-9-18-15(11-17-14-7-8-14)12-5-4-6-13(16)10-12/h4-6,10,14-15,17H,2-3,7-9,11H2,1H3.